The van der Waals surface area contributed by atoms with Gasteiger partial charge in [-0.15, -0.1) is 0 Å². The van der Waals surface area contributed by atoms with Gasteiger partial charge in [0.2, 0.25) is 12.7 Å². The van der Waals surface area contributed by atoms with Gasteiger partial charge in [-0.25, -0.2) is 4.39 Å². The number of fused-ring (bicyclic) bond motifs is 4. The Kier molecular flexibility index (Phi) is 3.88. The van der Waals surface area contributed by atoms with Crippen molar-refractivity contribution in [2.24, 2.45) is 0 Å². The fourth-order valence-electron chi connectivity index (χ4n) is 4.74. The van der Waals surface area contributed by atoms with Crippen molar-refractivity contribution in [3.63, 3.8) is 0 Å². The summed E-state index contributed by atoms with van der Waals surface area (Å²) in [5.74, 6) is 1.03. The number of amides is 1. The van der Waals surface area contributed by atoms with E-state index in [-0.39, 0.29) is 23.9 Å². The van der Waals surface area contributed by atoms with Crippen molar-refractivity contribution >= 4 is 11.6 Å². The Morgan fingerprint density at radius 1 is 1.25 bits per heavy atom. The molecule has 0 bridgehead atoms. The largest absolute Gasteiger partial charge is 0.454 e. The predicted molar refractivity (Wildman–Crippen MR) is 103 cm³/mol. The second-order valence-corrected chi connectivity index (χ2v) is 8.37. The van der Waals surface area contributed by atoms with Crippen LogP contribution in [0, 0.1) is 5.82 Å². The number of halogens is 1. The third-order valence-corrected chi connectivity index (χ3v) is 6.11. The van der Waals surface area contributed by atoms with E-state index in [2.05, 4.69) is 24.5 Å². The first-order valence-corrected chi connectivity index (χ1v) is 9.72. The van der Waals surface area contributed by atoms with Crippen LogP contribution in [-0.4, -0.2) is 19.2 Å². The summed E-state index contributed by atoms with van der Waals surface area (Å²) in [4.78, 5) is 13.0. The van der Waals surface area contributed by atoms with E-state index in [0.29, 0.717) is 12.2 Å². The van der Waals surface area contributed by atoms with Crippen LogP contribution in [0.1, 0.15) is 48.6 Å². The monoisotopic (exact) mass is 382 g/mol. The number of carbonyl (C=O) groups is 1. The minimum Gasteiger partial charge on any atom is -0.454 e. The molecule has 0 radical (unpaired) electrons. The van der Waals surface area contributed by atoms with Crippen molar-refractivity contribution in [2.45, 2.75) is 44.6 Å². The number of aryl methyl sites for hydroxylation is 1. The molecular weight excluding hydrogens is 359 g/mol. The second-order valence-electron chi connectivity index (χ2n) is 8.37. The predicted octanol–water partition coefficient (Wildman–Crippen LogP) is 3.60. The van der Waals surface area contributed by atoms with E-state index in [4.69, 9.17) is 9.47 Å². The van der Waals surface area contributed by atoms with Crippen LogP contribution in [0.4, 0.5) is 10.1 Å². The maximum absolute atomic E-state index is 14.7. The summed E-state index contributed by atoms with van der Waals surface area (Å²) in [5, 5.41) is 6.17. The number of carbonyl (C=O) groups excluding carboxylic acids is 1. The summed E-state index contributed by atoms with van der Waals surface area (Å²) in [5.41, 5.74) is 4.01. The van der Waals surface area contributed by atoms with Gasteiger partial charge in [0.15, 0.2) is 11.5 Å². The first kappa shape index (κ1) is 17.5. The third kappa shape index (κ3) is 2.66. The van der Waals surface area contributed by atoms with E-state index >= 15 is 0 Å². The zero-order chi connectivity index (χ0) is 19.5. The quantitative estimate of drug-likeness (QED) is 0.833. The van der Waals surface area contributed by atoms with Gasteiger partial charge in [-0.3, -0.25) is 4.79 Å². The molecule has 0 saturated heterocycles. The molecule has 2 heterocycles. The average Bonchev–Trinajstić information content (AvgIpc) is 3.25. The lowest BCUT2D eigenvalue weighted by Gasteiger charge is -2.27. The highest BCUT2D eigenvalue weighted by atomic mass is 19.1. The SMILES string of the molecule is CC1(C)CCc2cc(NC(=O)C3NCCc4c3ccc3c4OCO3)cc(F)c21. The normalized spacial score (nSPS) is 21.2. The number of hydrogen-bond donors (Lipinski definition) is 2. The Morgan fingerprint density at radius 2 is 2.11 bits per heavy atom. The molecule has 2 aromatic rings. The molecule has 6 heteroatoms. The van der Waals surface area contributed by atoms with Gasteiger partial charge in [0.25, 0.3) is 0 Å². The van der Waals surface area contributed by atoms with Crippen LogP contribution in [0.2, 0.25) is 0 Å². The highest BCUT2D eigenvalue weighted by molar-refractivity contribution is 5.96. The van der Waals surface area contributed by atoms with Gasteiger partial charge in [-0.1, -0.05) is 19.9 Å². The highest BCUT2D eigenvalue weighted by Crippen LogP contribution is 2.42. The van der Waals surface area contributed by atoms with Crippen LogP contribution in [-0.2, 0) is 23.1 Å². The van der Waals surface area contributed by atoms with Crippen molar-refractivity contribution in [2.75, 3.05) is 18.7 Å². The molecular formula is C22H23FN2O3. The summed E-state index contributed by atoms with van der Waals surface area (Å²) in [6, 6.07) is 6.59. The molecule has 1 aliphatic carbocycles. The zero-order valence-corrected chi connectivity index (χ0v) is 16.0. The molecule has 5 rings (SSSR count). The van der Waals surface area contributed by atoms with E-state index in [1.807, 2.05) is 18.2 Å². The molecule has 0 fully saturated rings. The summed E-state index contributed by atoms with van der Waals surface area (Å²) in [6.07, 6.45) is 2.52. The van der Waals surface area contributed by atoms with Crippen molar-refractivity contribution in [3.05, 3.63) is 52.3 Å². The minimum atomic E-state index is -0.508. The van der Waals surface area contributed by atoms with Crippen molar-refractivity contribution < 1.29 is 18.7 Å². The van der Waals surface area contributed by atoms with Crippen LogP contribution >= 0.6 is 0 Å². The van der Waals surface area contributed by atoms with Gasteiger partial charge in [-0.2, -0.15) is 0 Å². The second kappa shape index (κ2) is 6.21. The number of ether oxygens (including phenoxy) is 2. The third-order valence-electron chi connectivity index (χ3n) is 6.11. The fraction of sp³-hybridized carbons (Fsp3) is 0.409. The topological polar surface area (TPSA) is 59.6 Å². The summed E-state index contributed by atoms with van der Waals surface area (Å²) in [7, 11) is 0. The van der Waals surface area contributed by atoms with Crippen molar-refractivity contribution in [1.29, 1.82) is 0 Å². The van der Waals surface area contributed by atoms with Crippen LogP contribution in [0.25, 0.3) is 0 Å². The van der Waals surface area contributed by atoms with Gasteiger partial charge in [0, 0.05) is 17.8 Å². The standard InChI is InChI=1S/C22H23FN2O3/c1-22(2)7-5-12-9-13(10-16(23)18(12)22)25-21(26)19-14-3-4-17-20(28-11-27-17)15(14)6-8-24-19/h3-4,9-10,19,24H,5-8,11H2,1-2H3,(H,25,26). The Balaban J connectivity index is 1.43. The number of nitrogens with one attached hydrogen (secondary N) is 2. The number of hydrogen-bond acceptors (Lipinski definition) is 4. The summed E-state index contributed by atoms with van der Waals surface area (Å²) < 4.78 is 25.8. The molecule has 0 spiro atoms. The lowest BCUT2D eigenvalue weighted by molar-refractivity contribution is -0.118. The highest BCUT2D eigenvalue weighted by Gasteiger charge is 2.34. The smallest absolute Gasteiger partial charge is 0.246 e. The first-order chi connectivity index (χ1) is 13.4. The molecule has 2 aliphatic heterocycles. The van der Waals surface area contributed by atoms with Crippen LogP contribution in [0.5, 0.6) is 11.5 Å². The lowest BCUT2D eigenvalue weighted by Crippen LogP contribution is -2.38. The maximum atomic E-state index is 14.7. The average molecular weight is 382 g/mol. The van der Waals surface area contributed by atoms with Gasteiger partial charge in [-0.05, 0) is 59.6 Å². The fourth-order valence-corrected chi connectivity index (χ4v) is 4.74. The number of anilines is 1. The Hall–Kier alpha value is -2.60. The van der Waals surface area contributed by atoms with E-state index in [1.54, 1.807) is 0 Å². The number of rotatable bonds is 2. The molecule has 2 aromatic carbocycles. The summed E-state index contributed by atoms with van der Waals surface area (Å²) in [6.45, 7) is 5.00. The van der Waals surface area contributed by atoms with Gasteiger partial charge >= 0.3 is 0 Å². The molecule has 1 unspecified atom stereocenters. The van der Waals surface area contributed by atoms with Crippen molar-refractivity contribution in [1.82, 2.24) is 5.32 Å². The maximum Gasteiger partial charge on any atom is 0.246 e. The van der Waals surface area contributed by atoms with E-state index in [9.17, 15) is 9.18 Å². The molecule has 0 saturated carbocycles. The van der Waals surface area contributed by atoms with Crippen LogP contribution in [0.15, 0.2) is 24.3 Å². The van der Waals surface area contributed by atoms with Gasteiger partial charge < -0.3 is 20.1 Å². The van der Waals surface area contributed by atoms with Gasteiger partial charge in [0.05, 0.1) is 0 Å². The minimum absolute atomic E-state index is 0.158. The van der Waals surface area contributed by atoms with E-state index < -0.39 is 6.04 Å². The molecule has 5 nitrogen and oxygen atoms in total. The molecule has 1 amide bonds. The molecule has 3 aliphatic rings. The molecule has 0 aromatic heterocycles. The molecule has 2 N–H and O–H groups in total. The van der Waals surface area contributed by atoms with Crippen molar-refractivity contribution in [3.8, 4) is 11.5 Å². The summed E-state index contributed by atoms with van der Waals surface area (Å²) >= 11 is 0. The Labute approximate surface area is 163 Å². The van der Waals surface area contributed by atoms with E-state index in [1.165, 1.54) is 6.07 Å². The van der Waals surface area contributed by atoms with Crippen LogP contribution < -0.4 is 20.1 Å². The number of benzene rings is 2. The Bertz CT molecular complexity index is 986. The van der Waals surface area contributed by atoms with Crippen LogP contribution in [0.3, 0.4) is 0 Å². The van der Waals surface area contributed by atoms with Gasteiger partial charge in [0.1, 0.15) is 11.9 Å². The first-order valence-electron chi connectivity index (χ1n) is 9.72. The molecule has 28 heavy (non-hydrogen) atoms. The lowest BCUT2D eigenvalue weighted by atomic mass is 9.86. The molecule has 146 valence electrons. The zero-order valence-electron chi connectivity index (χ0n) is 16.0. The molecule has 1 atom stereocenters. The Morgan fingerprint density at radius 3 is 2.96 bits per heavy atom. The van der Waals surface area contributed by atoms with E-state index in [0.717, 1.165) is 53.0 Å².